The largest absolute Gasteiger partial charge is 0.379 e. The second kappa shape index (κ2) is 11.2. The fourth-order valence-corrected chi connectivity index (χ4v) is 3.82. The predicted molar refractivity (Wildman–Crippen MR) is 117 cm³/mol. The number of amides is 2. The Hall–Kier alpha value is -2.48. The van der Waals surface area contributed by atoms with Crippen molar-refractivity contribution in [2.45, 2.75) is 25.4 Å². The molecule has 1 fully saturated rings. The van der Waals surface area contributed by atoms with Crippen molar-refractivity contribution in [2.24, 2.45) is 0 Å². The van der Waals surface area contributed by atoms with Crippen LogP contribution < -0.4 is 10.6 Å². The molecule has 1 aliphatic rings. The van der Waals surface area contributed by atoms with Crippen molar-refractivity contribution >= 4 is 23.4 Å². The number of nitrogens with one attached hydrogen (secondary N) is 2. The van der Waals surface area contributed by atoms with E-state index in [1.54, 1.807) is 36.4 Å². The molecule has 8 heteroatoms. The normalized spacial score (nSPS) is 16.4. The number of hydrogen-bond donors (Lipinski definition) is 2. The van der Waals surface area contributed by atoms with Crippen molar-refractivity contribution in [3.63, 3.8) is 0 Å². The third-order valence-electron chi connectivity index (χ3n) is 5.27. The van der Waals surface area contributed by atoms with Crippen molar-refractivity contribution in [1.29, 1.82) is 0 Å². The van der Waals surface area contributed by atoms with Gasteiger partial charge in [-0.2, -0.15) is 0 Å². The number of ether oxygens (including phenoxy) is 1. The molecule has 0 saturated carbocycles. The number of hydrogen-bond acceptors (Lipinski definition) is 4. The highest BCUT2D eigenvalue weighted by Crippen LogP contribution is 2.23. The molecular formula is C23H27ClFN3O3. The highest BCUT2D eigenvalue weighted by molar-refractivity contribution is 6.30. The smallest absolute Gasteiger partial charge is 0.222 e. The third-order valence-corrected chi connectivity index (χ3v) is 5.53. The average Bonchev–Trinajstić information content (AvgIpc) is 2.75. The Morgan fingerprint density at radius 3 is 2.29 bits per heavy atom. The summed E-state index contributed by atoms with van der Waals surface area (Å²) in [6, 6.07) is 12.8. The summed E-state index contributed by atoms with van der Waals surface area (Å²) in [5.74, 6) is -0.700. The Bertz CT molecular complexity index is 871. The van der Waals surface area contributed by atoms with Crippen LogP contribution in [0.3, 0.4) is 0 Å². The Morgan fingerprint density at radius 2 is 1.68 bits per heavy atom. The number of carbonyl (C=O) groups is 2. The first kappa shape index (κ1) is 23.2. The monoisotopic (exact) mass is 447 g/mol. The lowest BCUT2D eigenvalue weighted by Gasteiger charge is -2.35. The van der Waals surface area contributed by atoms with Gasteiger partial charge >= 0.3 is 0 Å². The van der Waals surface area contributed by atoms with E-state index in [1.165, 1.54) is 19.1 Å². The van der Waals surface area contributed by atoms with Crippen LogP contribution in [0.25, 0.3) is 0 Å². The molecule has 2 atom stereocenters. The van der Waals surface area contributed by atoms with E-state index in [0.717, 1.165) is 24.2 Å². The molecule has 0 aliphatic carbocycles. The van der Waals surface area contributed by atoms with Gasteiger partial charge in [-0.3, -0.25) is 14.5 Å². The van der Waals surface area contributed by atoms with Gasteiger partial charge in [0.15, 0.2) is 0 Å². The average molecular weight is 448 g/mol. The summed E-state index contributed by atoms with van der Waals surface area (Å²) in [6.07, 6.45) is 0.0977. The van der Waals surface area contributed by atoms with Gasteiger partial charge in [-0.05, 0) is 35.4 Å². The summed E-state index contributed by atoms with van der Waals surface area (Å²) in [6.45, 7) is 4.50. The van der Waals surface area contributed by atoms with Crippen molar-refractivity contribution in [3.05, 3.63) is 70.5 Å². The van der Waals surface area contributed by atoms with E-state index in [-0.39, 0.29) is 30.1 Å². The summed E-state index contributed by atoms with van der Waals surface area (Å²) < 4.78 is 18.8. The van der Waals surface area contributed by atoms with Crippen LogP contribution in [0.1, 0.15) is 36.6 Å². The zero-order valence-corrected chi connectivity index (χ0v) is 18.2. The fourth-order valence-electron chi connectivity index (χ4n) is 3.69. The van der Waals surface area contributed by atoms with Gasteiger partial charge in [0.2, 0.25) is 11.8 Å². The zero-order chi connectivity index (χ0) is 22.2. The Labute approximate surface area is 186 Å². The third kappa shape index (κ3) is 7.02. The lowest BCUT2D eigenvalue weighted by molar-refractivity contribution is -0.123. The zero-order valence-electron chi connectivity index (χ0n) is 17.4. The molecule has 1 aliphatic heterocycles. The van der Waals surface area contributed by atoms with E-state index in [2.05, 4.69) is 15.5 Å². The molecule has 3 rings (SSSR count). The van der Waals surface area contributed by atoms with Crippen LogP contribution >= 0.6 is 11.6 Å². The Kier molecular flexibility index (Phi) is 8.40. The standard InChI is InChI=1S/C23H27ClFN3O3/c1-16(29)27-21(17-2-6-19(24)7-3-17)14-23(30)26-15-22(28-10-12-31-13-11-28)18-4-8-20(25)9-5-18/h2-9,21-22H,10-15H2,1H3,(H,26,30)(H,27,29)/t21-,22+/m0/s1. The number of nitrogens with zero attached hydrogens (tertiary/aromatic N) is 1. The molecule has 0 radical (unpaired) electrons. The van der Waals surface area contributed by atoms with Crippen LogP contribution in [-0.4, -0.2) is 49.6 Å². The van der Waals surface area contributed by atoms with Crippen LogP contribution in [0.15, 0.2) is 48.5 Å². The van der Waals surface area contributed by atoms with Crippen LogP contribution in [0, 0.1) is 5.82 Å². The first-order valence-electron chi connectivity index (χ1n) is 10.3. The van der Waals surface area contributed by atoms with Gasteiger partial charge in [0, 0.05) is 31.6 Å². The lowest BCUT2D eigenvalue weighted by Crippen LogP contribution is -2.44. The van der Waals surface area contributed by atoms with Crippen molar-refractivity contribution < 1.29 is 18.7 Å². The molecule has 1 heterocycles. The van der Waals surface area contributed by atoms with Crippen LogP contribution in [-0.2, 0) is 14.3 Å². The molecule has 0 spiro atoms. The van der Waals surface area contributed by atoms with Crippen molar-refractivity contribution in [2.75, 3.05) is 32.8 Å². The number of morpholine rings is 1. The molecule has 0 bridgehead atoms. The first-order chi connectivity index (χ1) is 14.9. The fraction of sp³-hybridized carbons (Fsp3) is 0.391. The molecule has 2 aromatic rings. The summed E-state index contributed by atoms with van der Waals surface area (Å²) in [7, 11) is 0. The first-order valence-corrected chi connectivity index (χ1v) is 10.7. The van der Waals surface area contributed by atoms with E-state index in [4.69, 9.17) is 16.3 Å². The SMILES string of the molecule is CC(=O)N[C@@H](CC(=O)NC[C@H](c1ccc(F)cc1)N1CCOCC1)c1ccc(Cl)cc1. The topological polar surface area (TPSA) is 70.7 Å². The number of carbonyl (C=O) groups excluding carboxylic acids is 2. The molecule has 0 unspecified atom stereocenters. The second-order valence-electron chi connectivity index (χ2n) is 7.53. The van der Waals surface area contributed by atoms with Gasteiger partial charge in [0.1, 0.15) is 5.82 Å². The summed E-state index contributed by atoms with van der Waals surface area (Å²) >= 11 is 5.95. The van der Waals surface area contributed by atoms with Gasteiger partial charge in [0.05, 0.1) is 31.7 Å². The van der Waals surface area contributed by atoms with Gasteiger partial charge in [-0.25, -0.2) is 4.39 Å². The minimum absolute atomic E-state index is 0.0943. The maximum absolute atomic E-state index is 13.4. The predicted octanol–water partition coefficient (Wildman–Crippen LogP) is 3.24. The summed E-state index contributed by atoms with van der Waals surface area (Å²) in [5, 5.41) is 6.40. The van der Waals surface area contributed by atoms with E-state index >= 15 is 0 Å². The van der Waals surface area contributed by atoms with Crippen molar-refractivity contribution in [1.82, 2.24) is 15.5 Å². The van der Waals surface area contributed by atoms with Crippen molar-refractivity contribution in [3.8, 4) is 0 Å². The Balaban J connectivity index is 1.67. The van der Waals surface area contributed by atoms with Gasteiger partial charge < -0.3 is 15.4 Å². The van der Waals surface area contributed by atoms with E-state index in [1.807, 2.05) is 0 Å². The van der Waals surface area contributed by atoms with Gasteiger partial charge in [-0.15, -0.1) is 0 Å². The van der Waals surface area contributed by atoms with Gasteiger partial charge in [-0.1, -0.05) is 35.9 Å². The summed E-state index contributed by atoms with van der Waals surface area (Å²) in [4.78, 5) is 26.6. The van der Waals surface area contributed by atoms with Crippen LogP contribution in [0.4, 0.5) is 4.39 Å². The van der Waals surface area contributed by atoms with Crippen LogP contribution in [0.2, 0.25) is 5.02 Å². The molecular weight excluding hydrogens is 421 g/mol. The minimum Gasteiger partial charge on any atom is -0.379 e. The molecule has 6 nitrogen and oxygen atoms in total. The second-order valence-corrected chi connectivity index (χ2v) is 7.96. The molecule has 2 amide bonds. The van der Waals surface area contributed by atoms with E-state index in [9.17, 15) is 14.0 Å². The number of halogens is 2. The number of benzene rings is 2. The minimum atomic E-state index is -0.456. The highest BCUT2D eigenvalue weighted by atomic mass is 35.5. The van der Waals surface area contributed by atoms with Crippen LogP contribution in [0.5, 0.6) is 0 Å². The maximum atomic E-state index is 13.4. The van der Waals surface area contributed by atoms with E-state index < -0.39 is 6.04 Å². The maximum Gasteiger partial charge on any atom is 0.222 e. The van der Waals surface area contributed by atoms with Gasteiger partial charge in [0.25, 0.3) is 0 Å². The lowest BCUT2D eigenvalue weighted by atomic mass is 10.0. The quantitative estimate of drug-likeness (QED) is 0.651. The highest BCUT2D eigenvalue weighted by Gasteiger charge is 2.24. The molecule has 0 aromatic heterocycles. The van der Waals surface area contributed by atoms with E-state index in [0.29, 0.717) is 24.8 Å². The molecule has 1 saturated heterocycles. The Morgan fingerprint density at radius 1 is 1.06 bits per heavy atom. The molecule has 2 N–H and O–H groups in total. The molecule has 166 valence electrons. The summed E-state index contributed by atoms with van der Waals surface area (Å²) in [5.41, 5.74) is 1.73. The molecule has 2 aromatic carbocycles. The number of rotatable bonds is 8. The molecule has 31 heavy (non-hydrogen) atoms.